The van der Waals surface area contributed by atoms with E-state index in [0.29, 0.717) is 0 Å². The van der Waals surface area contributed by atoms with Gasteiger partial charge in [-0.2, -0.15) is 0 Å². The Morgan fingerprint density at radius 3 is 2.46 bits per heavy atom. The molecule has 0 aromatic heterocycles. The smallest absolute Gasteiger partial charge is 0.164 e. The van der Waals surface area contributed by atoms with Crippen molar-refractivity contribution in [2.45, 2.75) is 37.9 Å². The van der Waals surface area contributed by atoms with Gasteiger partial charge in [0.1, 0.15) is 18.3 Å². The van der Waals surface area contributed by atoms with Crippen LogP contribution in [-0.4, -0.2) is 29.2 Å². The van der Waals surface area contributed by atoms with Crippen molar-refractivity contribution >= 4 is 0 Å². The van der Waals surface area contributed by atoms with E-state index < -0.39 is 18.0 Å². The lowest BCUT2D eigenvalue weighted by atomic mass is 10.1. The van der Waals surface area contributed by atoms with E-state index in [2.05, 4.69) is 13.2 Å². The van der Waals surface area contributed by atoms with Gasteiger partial charge in [0.2, 0.25) is 0 Å². The maximum Gasteiger partial charge on any atom is 0.164 e. The average molecular weight is 184 g/mol. The van der Waals surface area contributed by atoms with Crippen LogP contribution in [0.25, 0.3) is 0 Å². The third-order valence-electron chi connectivity index (χ3n) is 1.97. The van der Waals surface area contributed by atoms with Crippen LogP contribution < -0.4 is 0 Å². The molecule has 1 rings (SSSR count). The van der Waals surface area contributed by atoms with E-state index in [1.165, 1.54) is 6.08 Å². The molecule has 1 aliphatic heterocycles. The van der Waals surface area contributed by atoms with Gasteiger partial charge in [0.15, 0.2) is 5.79 Å². The Kier molecular flexibility index (Phi) is 2.91. The summed E-state index contributed by atoms with van der Waals surface area (Å²) in [5.41, 5.74) is 0. The van der Waals surface area contributed by atoms with Gasteiger partial charge in [-0.25, -0.2) is 0 Å². The lowest BCUT2D eigenvalue weighted by Gasteiger charge is -2.18. The van der Waals surface area contributed by atoms with Gasteiger partial charge in [-0.3, -0.25) is 0 Å². The molecule has 74 valence electrons. The Bertz CT molecular complexity index is 210. The van der Waals surface area contributed by atoms with Gasteiger partial charge in [-0.1, -0.05) is 12.2 Å². The third kappa shape index (κ3) is 2.18. The molecular formula is C10H16O3. The summed E-state index contributed by atoms with van der Waals surface area (Å²) in [6, 6.07) is 0. The van der Waals surface area contributed by atoms with Crippen molar-refractivity contribution in [1.82, 2.24) is 0 Å². The summed E-state index contributed by atoms with van der Waals surface area (Å²) in [7, 11) is 0. The van der Waals surface area contributed by atoms with Gasteiger partial charge >= 0.3 is 0 Å². The van der Waals surface area contributed by atoms with Crippen LogP contribution in [0.2, 0.25) is 0 Å². The molecule has 0 bridgehead atoms. The number of hydrogen-bond acceptors (Lipinski definition) is 3. The Balaban J connectivity index is 2.74. The minimum Gasteiger partial charge on any atom is -0.386 e. The minimum absolute atomic E-state index is 0.275. The molecule has 3 heteroatoms. The fraction of sp³-hybridized carbons (Fsp3) is 0.600. The maximum absolute atomic E-state index is 9.52. The summed E-state index contributed by atoms with van der Waals surface area (Å²) >= 11 is 0. The number of hydrogen-bond donors (Lipinski definition) is 1. The molecule has 0 spiro atoms. The first-order valence-electron chi connectivity index (χ1n) is 4.29. The summed E-state index contributed by atoms with van der Waals surface area (Å²) in [5, 5.41) is 9.52. The highest BCUT2D eigenvalue weighted by atomic mass is 16.8. The molecule has 3 nitrogen and oxygen atoms in total. The normalized spacial score (nSPS) is 34.1. The first-order chi connectivity index (χ1) is 6.00. The second kappa shape index (κ2) is 3.62. The van der Waals surface area contributed by atoms with Gasteiger partial charge in [-0.15, -0.1) is 13.2 Å². The largest absolute Gasteiger partial charge is 0.386 e. The monoisotopic (exact) mass is 184 g/mol. The predicted molar refractivity (Wildman–Crippen MR) is 50.2 cm³/mol. The van der Waals surface area contributed by atoms with E-state index in [-0.39, 0.29) is 6.10 Å². The molecule has 1 saturated heterocycles. The highest BCUT2D eigenvalue weighted by molar-refractivity contribution is 5.00. The van der Waals surface area contributed by atoms with E-state index in [4.69, 9.17) is 9.47 Å². The molecule has 1 aliphatic rings. The summed E-state index contributed by atoms with van der Waals surface area (Å²) < 4.78 is 11.0. The Morgan fingerprint density at radius 2 is 2.00 bits per heavy atom. The standard InChI is InChI=1S/C10H16O3/c1-5-7(11)9-8(6-2)12-10(3,4)13-9/h5-9,11H,1-2H2,3-4H3. The number of aliphatic hydroxyl groups excluding tert-OH is 1. The van der Waals surface area contributed by atoms with E-state index in [1.807, 2.05) is 0 Å². The molecule has 1 fully saturated rings. The van der Waals surface area contributed by atoms with Crippen LogP contribution in [-0.2, 0) is 9.47 Å². The number of rotatable bonds is 3. The van der Waals surface area contributed by atoms with Crippen LogP contribution in [0.15, 0.2) is 25.3 Å². The van der Waals surface area contributed by atoms with Crippen LogP contribution in [0.3, 0.4) is 0 Å². The molecule has 0 radical (unpaired) electrons. The van der Waals surface area contributed by atoms with Crippen molar-refractivity contribution in [3.8, 4) is 0 Å². The fourth-order valence-corrected chi connectivity index (χ4v) is 1.40. The van der Waals surface area contributed by atoms with Crippen LogP contribution >= 0.6 is 0 Å². The fourth-order valence-electron chi connectivity index (χ4n) is 1.40. The highest BCUT2D eigenvalue weighted by Crippen LogP contribution is 2.30. The van der Waals surface area contributed by atoms with Gasteiger partial charge in [-0.05, 0) is 13.8 Å². The van der Waals surface area contributed by atoms with Crippen LogP contribution in [0.1, 0.15) is 13.8 Å². The molecule has 0 aromatic carbocycles. The Labute approximate surface area is 78.7 Å². The van der Waals surface area contributed by atoms with Gasteiger partial charge in [0.05, 0.1) is 0 Å². The molecule has 0 aromatic rings. The van der Waals surface area contributed by atoms with E-state index in [1.54, 1.807) is 19.9 Å². The molecule has 1 N–H and O–H groups in total. The zero-order valence-corrected chi connectivity index (χ0v) is 8.06. The zero-order valence-electron chi connectivity index (χ0n) is 8.06. The van der Waals surface area contributed by atoms with Crippen molar-refractivity contribution < 1.29 is 14.6 Å². The van der Waals surface area contributed by atoms with Crippen molar-refractivity contribution in [3.63, 3.8) is 0 Å². The molecule has 0 saturated carbocycles. The summed E-state index contributed by atoms with van der Waals surface area (Å²) in [5.74, 6) is -0.659. The van der Waals surface area contributed by atoms with E-state index in [9.17, 15) is 5.11 Å². The van der Waals surface area contributed by atoms with Crippen LogP contribution in [0, 0.1) is 0 Å². The number of aliphatic hydroxyl groups is 1. The summed E-state index contributed by atoms with van der Waals surface area (Å²) in [6.07, 6.45) is 1.68. The average Bonchev–Trinajstić information content (AvgIpc) is 2.39. The molecule has 1 heterocycles. The van der Waals surface area contributed by atoms with Gasteiger partial charge in [0, 0.05) is 0 Å². The van der Waals surface area contributed by atoms with Crippen LogP contribution in [0.4, 0.5) is 0 Å². The SMILES string of the molecule is C=CC(O)C1OC(C)(C)OC1C=C. The highest BCUT2D eigenvalue weighted by Gasteiger charge is 2.42. The quantitative estimate of drug-likeness (QED) is 0.671. The minimum atomic E-state index is -0.718. The first kappa shape index (κ1) is 10.4. The van der Waals surface area contributed by atoms with Crippen molar-refractivity contribution in [2.24, 2.45) is 0 Å². The summed E-state index contributed by atoms with van der Waals surface area (Å²) in [6.45, 7) is 10.7. The maximum atomic E-state index is 9.52. The second-order valence-electron chi connectivity index (χ2n) is 3.53. The molecule has 3 unspecified atom stereocenters. The van der Waals surface area contributed by atoms with E-state index in [0.717, 1.165) is 0 Å². The van der Waals surface area contributed by atoms with Gasteiger partial charge in [0.25, 0.3) is 0 Å². The Hall–Kier alpha value is -0.640. The van der Waals surface area contributed by atoms with Crippen molar-refractivity contribution in [2.75, 3.05) is 0 Å². The first-order valence-corrected chi connectivity index (χ1v) is 4.29. The molecule has 0 amide bonds. The third-order valence-corrected chi connectivity index (χ3v) is 1.97. The molecule has 0 aliphatic carbocycles. The van der Waals surface area contributed by atoms with Crippen LogP contribution in [0.5, 0.6) is 0 Å². The lowest BCUT2D eigenvalue weighted by Crippen LogP contribution is -2.32. The molecular weight excluding hydrogens is 168 g/mol. The molecule has 13 heavy (non-hydrogen) atoms. The lowest BCUT2D eigenvalue weighted by molar-refractivity contribution is -0.150. The summed E-state index contributed by atoms with van der Waals surface area (Å²) in [4.78, 5) is 0. The molecule has 3 atom stereocenters. The van der Waals surface area contributed by atoms with Gasteiger partial charge < -0.3 is 14.6 Å². The number of ether oxygens (including phenoxy) is 2. The topological polar surface area (TPSA) is 38.7 Å². The second-order valence-corrected chi connectivity index (χ2v) is 3.53. The zero-order chi connectivity index (χ0) is 10.1. The van der Waals surface area contributed by atoms with Crippen molar-refractivity contribution in [1.29, 1.82) is 0 Å². The Morgan fingerprint density at radius 1 is 1.38 bits per heavy atom. The van der Waals surface area contributed by atoms with Crippen molar-refractivity contribution in [3.05, 3.63) is 25.3 Å². The predicted octanol–water partition coefficient (Wildman–Crippen LogP) is 1.24. The van der Waals surface area contributed by atoms with E-state index >= 15 is 0 Å².